The molecule has 1 nitrogen and oxygen atoms in total. The van der Waals surface area contributed by atoms with E-state index in [-0.39, 0.29) is 0 Å². The fraction of sp³-hybridized carbons (Fsp3) is 0.789. The van der Waals surface area contributed by atoms with Gasteiger partial charge in [-0.2, -0.15) is 11.3 Å². The predicted octanol–water partition coefficient (Wildman–Crippen LogP) is 5.66. The molecule has 2 heteroatoms. The van der Waals surface area contributed by atoms with Crippen molar-refractivity contribution >= 4 is 11.3 Å². The average Bonchev–Trinajstić information content (AvgIpc) is 3.10. The normalized spacial score (nSPS) is 19.2. The number of hydrogen-bond donors (Lipinski definition) is 1. The van der Waals surface area contributed by atoms with Crippen molar-refractivity contribution < 1.29 is 0 Å². The molecular formula is C19H33NS. The Morgan fingerprint density at radius 1 is 1.29 bits per heavy atom. The molecule has 0 amide bonds. The standard InChI is InChI=1S/C19H33NS/c1-4-12-20-18(8-7-17-9-13-21-15-17)19(14-16(2)3)10-5-6-11-19/h9,13,15-16,18,20H,4-8,10-12,14H2,1-3H3. The van der Waals surface area contributed by atoms with Crippen molar-refractivity contribution in [2.24, 2.45) is 11.3 Å². The molecule has 1 aliphatic rings. The summed E-state index contributed by atoms with van der Waals surface area (Å²) < 4.78 is 0. The first-order valence-electron chi connectivity index (χ1n) is 8.91. The van der Waals surface area contributed by atoms with E-state index in [1.165, 1.54) is 63.5 Å². The van der Waals surface area contributed by atoms with E-state index in [9.17, 15) is 0 Å². The van der Waals surface area contributed by atoms with Crippen molar-refractivity contribution in [3.8, 4) is 0 Å². The summed E-state index contributed by atoms with van der Waals surface area (Å²) in [4.78, 5) is 0. The fourth-order valence-corrected chi connectivity index (χ4v) is 4.98. The summed E-state index contributed by atoms with van der Waals surface area (Å²) in [6, 6.07) is 3.01. The lowest BCUT2D eigenvalue weighted by Gasteiger charge is -2.40. The van der Waals surface area contributed by atoms with Crippen LogP contribution in [0.2, 0.25) is 0 Å². The van der Waals surface area contributed by atoms with E-state index >= 15 is 0 Å². The molecule has 1 fully saturated rings. The predicted molar refractivity (Wildman–Crippen MR) is 95.1 cm³/mol. The summed E-state index contributed by atoms with van der Waals surface area (Å²) in [5, 5.41) is 8.46. The highest BCUT2D eigenvalue weighted by Crippen LogP contribution is 2.47. The molecule has 21 heavy (non-hydrogen) atoms. The Bertz CT molecular complexity index is 376. The minimum absolute atomic E-state index is 0.569. The van der Waals surface area contributed by atoms with Gasteiger partial charge in [0.05, 0.1) is 0 Å². The number of nitrogens with one attached hydrogen (secondary N) is 1. The zero-order chi connectivity index (χ0) is 15.1. The lowest BCUT2D eigenvalue weighted by molar-refractivity contribution is 0.147. The van der Waals surface area contributed by atoms with Gasteiger partial charge in [0.2, 0.25) is 0 Å². The molecule has 1 aromatic heterocycles. The molecule has 0 radical (unpaired) electrons. The molecule has 0 bridgehead atoms. The van der Waals surface area contributed by atoms with Gasteiger partial charge in [-0.1, -0.05) is 33.6 Å². The molecule has 0 spiro atoms. The third kappa shape index (κ3) is 4.82. The Morgan fingerprint density at radius 3 is 2.62 bits per heavy atom. The van der Waals surface area contributed by atoms with Crippen LogP contribution in [0.1, 0.15) is 71.3 Å². The molecule has 2 rings (SSSR count). The summed E-state index contributed by atoms with van der Waals surface area (Å²) in [5.74, 6) is 0.815. The molecule has 1 atom stereocenters. The Kier molecular flexibility index (Phi) is 6.75. The molecule has 1 aliphatic carbocycles. The van der Waals surface area contributed by atoms with E-state index in [2.05, 4.69) is 42.9 Å². The first-order chi connectivity index (χ1) is 10.2. The summed E-state index contributed by atoms with van der Waals surface area (Å²) in [6.07, 6.45) is 11.0. The maximum absolute atomic E-state index is 3.92. The van der Waals surface area contributed by atoms with Crippen LogP contribution in [0.25, 0.3) is 0 Å². The topological polar surface area (TPSA) is 12.0 Å². The number of thiophene rings is 1. The molecular weight excluding hydrogens is 274 g/mol. The maximum atomic E-state index is 3.92. The second-order valence-corrected chi connectivity index (χ2v) is 8.12. The van der Waals surface area contributed by atoms with Crippen LogP contribution in [-0.4, -0.2) is 12.6 Å². The maximum Gasteiger partial charge on any atom is 0.0127 e. The largest absolute Gasteiger partial charge is 0.313 e. The van der Waals surface area contributed by atoms with E-state index in [1.807, 2.05) is 11.3 Å². The van der Waals surface area contributed by atoms with Gasteiger partial charge in [-0.25, -0.2) is 0 Å². The molecule has 1 heterocycles. The molecule has 0 aromatic carbocycles. The molecule has 0 saturated heterocycles. The number of aryl methyl sites for hydroxylation is 1. The van der Waals surface area contributed by atoms with E-state index in [0.29, 0.717) is 11.5 Å². The van der Waals surface area contributed by atoms with Gasteiger partial charge in [-0.3, -0.25) is 0 Å². The van der Waals surface area contributed by atoms with Crippen LogP contribution in [0.4, 0.5) is 0 Å². The summed E-state index contributed by atoms with van der Waals surface area (Å²) in [5.41, 5.74) is 2.10. The van der Waals surface area contributed by atoms with Crippen molar-refractivity contribution in [2.45, 2.75) is 78.2 Å². The van der Waals surface area contributed by atoms with E-state index < -0.39 is 0 Å². The second kappa shape index (κ2) is 8.33. The molecule has 1 saturated carbocycles. The van der Waals surface area contributed by atoms with E-state index in [0.717, 1.165) is 5.92 Å². The van der Waals surface area contributed by atoms with Gasteiger partial charge in [0, 0.05) is 6.04 Å². The van der Waals surface area contributed by atoms with Crippen LogP contribution in [0.15, 0.2) is 16.8 Å². The average molecular weight is 308 g/mol. The highest BCUT2D eigenvalue weighted by atomic mass is 32.1. The van der Waals surface area contributed by atoms with Crippen LogP contribution < -0.4 is 5.32 Å². The Balaban J connectivity index is 2.04. The molecule has 1 N–H and O–H groups in total. The SMILES string of the molecule is CCCNC(CCc1ccsc1)C1(CC(C)C)CCCC1. The van der Waals surface area contributed by atoms with Crippen LogP contribution in [0.3, 0.4) is 0 Å². The number of hydrogen-bond acceptors (Lipinski definition) is 2. The molecule has 120 valence electrons. The van der Waals surface area contributed by atoms with Gasteiger partial charge in [-0.05, 0) is 78.8 Å². The smallest absolute Gasteiger partial charge is 0.0127 e. The van der Waals surface area contributed by atoms with Crippen LogP contribution in [0.5, 0.6) is 0 Å². The van der Waals surface area contributed by atoms with Crippen LogP contribution in [-0.2, 0) is 6.42 Å². The summed E-state index contributed by atoms with van der Waals surface area (Å²) in [6.45, 7) is 8.26. The van der Waals surface area contributed by atoms with Gasteiger partial charge >= 0.3 is 0 Å². The molecule has 1 unspecified atom stereocenters. The molecule has 1 aromatic rings. The Labute approximate surface area is 135 Å². The second-order valence-electron chi connectivity index (χ2n) is 7.34. The number of rotatable bonds is 9. The fourth-order valence-electron chi connectivity index (χ4n) is 4.28. The van der Waals surface area contributed by atoms with Crippen molar-refractivity contribution in [1.82, 2.24) is 5.32 Å². The minimum Gasteiger partial charge on any atom is -0.313 e. The lowest BCUT2D eigenvalue weighted by atomic mass is 9.71. The zero-order valence-corrected chi connectivity index (χ0v) is 15.0. The third-order valence-electron chi connectivity index (χ3n) is 5.10. The first-order valence-corrected chi connectivity index (χ1v) is 9.85. The third-order valence-corrected chi connectivity index (χ3v) is 5.83. The summed E-state index contributed by atoms with van der Waals surface area (Å²) in [7, 11) is 0. The quantitative estimate of drug-likeness (QED) is 0.621. The Hall–Kier alpha value is -0.340. The lowest BCUT2D eigenvalue weighted by Crippen LogP contribution is -2.45. The molecule has 0 aliphatic heterocycles. The highest BCUT2D eigenvalue weighted by Gasteiger charge is 2.40. The van der Waals surface area contributed by atoms with Crippen molar-refractivity contribution in [1.29, 1.82) is 0 Å². The van der Waals surface area contributed by atoms with Crippen LogP contribution >= 0.6 is 11.3 Å². The monoisotopic (exact) mass is 307 g/mol. The van der Waals surface area contributed by atoms with Crippen molar-refractivity contribution in [3.63, 3.8) is 0 Å². The van der Waals surface area contributed by atoms with Gasteiger partial charge in [0.15, 0.2) is 0 Å². The zero-order valence-electron chi connectivity index (χ0n) is 14.2. The van der Waals surface area contributed by atoms with E-state index in [4.69, 9.17) is 0 Å². The highest BCUT2D eigenvalue weighted by molar-refractivity contribution is 7.07. The van der Waals surface area contributed by atoms with Gasteiger partial charge < -0.3 is 5.32 Å². The van der Waals surface area contributed by atoms with E-state index in [1.54, 1.807) is 0 Å². The van der Waals surface area contributed by atoms with Gasteiger partial charge in [-0.15, -0.1) is 0 Å². The van der Waals surface area contributed by atoms with Gasteiger partial charge in [0.1, 0.15) is 0 Å². The first kappa shape index (κ1) is 17.0. The van der Waals surface area contributed by atoms with Crippen molar-refractivity contribution in [2.75, 3.05) is 6.54 Å². The van der Waals surface area contributed by atoms with Crippen LogP contribution in [0, 0.1) is 11.3 Å². The van der Waals surface area contributed by atoms with Gasteiger partial charge in [0.25, 0.3) is 0 Å². The summed E-state index contributed by atoms with van der Waals surface area (Å²) >= 11 is 1.83. The van der Waals surface area contributed by atoms with Crippen molar-refractivity contribution in [3.05, 3.63) is 22.4 Å². The Morgan fingerprint density at radius 2 is 2.05 bits per heavy atom. The minimum atomic E-state index is 0.569.